The molecule has 11 heteroatoms. The highest BCUT2D eigenvalue weighted by Gasteiger charge is 2.50. The van der Waals surface area contributed by atoms with Crippen LogP contribution in [0.5, 0.6) is 0 Å². The molecule has 82 valence electrons. The first-order chi connectivity index (χ1) is 6.20. The first-order valence-corrected chi connectivity index (χ1v) is 6.15. The SMILES string of the molecule is O=C(O)CC1OP(=O)(OP(=O)(O)O)O1. The zero-order valence-corrected chi connectivity index (χ0v) is 8.26. The summed E-state index contributed by atoms with van der Waals surface area (Å²) in [6.07, 6.45) is -1.89. The number of aliphatic carboxylic acids is 1. The van der Waals surface area contributed by atoms with Crippen LogP contribution in [0.4, 0.5) is 0 Å². The molecule has 0 spiro atoms. The molecule has 0 aromatic rings. The average Bonchev–Trinajstić information content (AvgIpc) is 1.76. The Morgan fingerprint density at radius 3 is 2.36 bits per heavy atom. The molecule has 0 amide bonds. The smallest absolute Gasteiger partial charge is 0.481 e. The Bertz CT molecular complexity index is 319. The van der Waals surface area contributed by atoms with Crippen LogP contribution in [0, 0.1) is 0 Å². The second-order valence-corrected chi connectivity index (χ2v) is 5.21. The fourth-order valence-corrected chi connectivity index (χ4v) is 2.77. The monoisotopic (exact) mass is 248 g/mol. The number of rotatable bonds is 4. The van der Waals surface area contributed by atoms with Gasteiger partial charge in [-0.25, -0.2) is 9.13 Å². The molecule has 0 unspecified atom stereocenters. The third-order valence-electron chi connectivity index (χ3n) is 1.04. The Kier molecular flexibility index (Phi) is 3.13. The van der Waals surface area contributed by atoms with Gasteiger partial charge in [0.1, 0.15) is 0 Å². The van der Waals surface area contributed by atoms with Gasteiger partial charge in [0.05, 0.1) is 6.42 Å². The minimum Gasteiger partial charge on any atom is -0.481 e. The van der Waals surface area contributed by atoms with Gasteiger partial charge < -0.3 is 14.9 Å². The Balaban J connectivity index is 2.42. The Morgan fingerprint density at radius 2 is 2.00 bits per heavy atom. The van der Waals surface area contributed by atoms with Crippen LogP contribution in [-0.2, 0) is 27.3 Å². The Labute approximate surface area is 77.4 Å². The summed E-state index contributed by atoms with van der Waals surface area (Å²) in [5.74, 6) is -1.27. The normalized spacial score (nSPS) is 32.3. The Morgan fingerprint density at radius 1 is 1.50 bits per heavy atom. The summed E-state index contributed by atoms with van der Waals surface area (Å²) in [7, 11) is -9.23. The fourth-order valence-electron chi connectivity index (χ4n) is 0.682. The lowest BCUT2D eigenvalue weighted by molar-refractivity contribution is -0.155. The maximum atomic E-state index is 10.9. The lowest BCUT2D eigenvalue weighted by atomic mass is 10.4. The van der Waals surface area contributed by atoms with E-state index in [2.05, 4.69) is 13.4 Å². The van der Waals surface area contributed by atoms with E-state index in [1.54, 1.807) is 0 Å². The van der Waals surface area contributed by atoms with Gasteiger partial charge in [-0.15, -0.1) is 0 Å². The molecule has 0 aliphatic carbocycles. The predicted octanol–water partition coefficient (Wildman–Crippen LogP) is 0.0514. The summed E-state index contributed by atoms with van der Waals surface area (Å²) in [5.41, 5.74) is 0. The van der Waals surface area contributed by atoms with Crippen molar-refractivity contribution in [1.82, 2.24) is 0 Å². The van der Waals surface area contributed by atoms with Crippen molar-refractivity contribution < 1.29 is 42.2 Å². The van der Waals surface area contributed by atoms with E-state index in [1.165, 1.54) is 0 Å². The highest BCUT2D eigenvalue weighted by molar-refractivity contribution is 7.61. The molecule has 1 heterocycles. The topological polar surface area (TPSA) is 140 Å². The van der Waals surface area contributed by atoms with Crippen LogP contribution >= 0.6 is 15.6 Å². The molecule has 0 radical (unpaired) electrons. The van der Waals surface area contributed by atoms with Crippen molar-refractivity contribution in [2.45, 2.75) is 12.7 Å². The number of carboxylic acid groups (broad SMARTS) is 1. The molecule has 14 heavy (non-hydrogen) atoms. The second kappa shape index (κ2) is 3.71. The van der Waals surface area contributed by atoms with Crippen molar-refractivity contribution in [2.24, 2.45) is 0 Å². The average molecular weight is 248 g/mol. The van der Waals surface area contributed by atoms with Crippen LogP contribution < -0.4 is 0 Å². The van der Waals surface area contributed by atoms with Crippen molar-refractivity contribution in [3.63, 3.8) is 0 Å². The van der Waals surface area contributed by atoms with Crippen LogP contribution in [-0.4, -0.2) is 27.2 Å². The molecule has 9 nitrogen and oxygen atoms in total. The zero-order chi connectivity index (χ0) is 11.0. The molecule has 0 saturated carbocycles. The number of hydrogen-bond donors (Lipinski definition) is 3. The molecule has 0 atom stereocenters. The van der Waals surface area contributed by atoms with E-state index >= 15 is 0 Å². The van der Waals surface area contributed by atoms with Gasteiger partial charge in [0.2, 0.25) is 0 Å². The van der Waals surface area contributed by atoms with E-state index in [9.17, 15) is 13.9 Å². The minimum absolute atomic E-state index is 0.589. The molecular weight excluding hydrogens is 242 g/mol. The number of carbonyl (C=O) groups is 1. The Hall–Kier alpha value is -0.270. The largest absolute Gasteiger partial charge is 0.488 e. The van der Waals surface area contributed by atoms with Gasteiger partial charge in [0.25, 0.3) is 0 Å². The number of phosphoric ester groups is 1. The molecule has 0 bridgehead atoms. The molecule has 1 rings (SSSR count). The lowest BCUT2D eigenvalue weighted by Gasteiger charge is -2.32. The fraction of sp³-hybridized carbons (Fsp3) is 0.667. The van der Waals surface area contributed by atoms with Crippen molar-refractivity contribution in [3.8, 4) is 0 Å². The highest BCUT2D eigenvalue weighted by atomic mass is 31.3. The number of phosphoric acid groups is 2. The van der Waals surface area contributed by atoms with Crippen LogP contribution in [0.25, 0.3) is 0 Å². The van der Waals surface area contributed by atoms with Gasteiger partial charge in [-0.2, -0.15) is 4.31 Å². The molecular formula is C3H6O9P2. The minimum atomic E-state index is -4.97. The molecule has 1 aliphatic heterocycles. The van der Waals surface area contributed by atoms with E-state index in [-0.39, 0.29) is 0 Å². The van der Waals surface area contributed by atoms with Crippen LogP contribution in [0.1, 0.15) is 6.42 Å². The standard InChI is InChI=1S/C3H6O9P2/c4-2(5)1-3-10-14(9,11-3)12-13(6,7)8/h3H,1H2,(H,4,5)(H2,6,7,8). The maximum absolute atomic E-state index is 10.9. The number of hydrogen-bond acceptors (Lipinski definition) is 6. The first kappa shape index (κ1) is 11.8. The first-order valence-electron chi connectivity index (χ1n) is 3.16. The summed E-state index contributed by atoms with van der Waals surface area (Å²) in [5, 5.41) is 8.21. The van der Waals surface area contributed by atoms with Crippen molar-refractivity contribution in [1.29, 1.82) is 0 Å². The van der Waals surface area contributed by atoms with E-state index < -0.39 is 34.3 Å². The molecule has 1 saturated heterocycles. The van der Waals surface area contributed by atoms with Crippen LogP contribution in [0.2, 0.25) is 0 Å². The van der Waals surface area contributed by atoms with Crippen molar-refractivity contribution in [3.05, 3.63) is 0 Å². The van der Waals surface area contributed by atoms with E-state index in [0.29, 0.717) is 0 Å². The lowest BCUT2D eigenvalue weighted by Crippen LogP contribution is -2.28. The summed E-state index contributed by atoms with van der Waals surface area (Å²) >= 11 is 0. The van der Waals surface area contributed by atoms with Gasteiger partial charge >= 0.3 is 21.6 Å². The predicted molar refractivity (Wildman–Crippen MR) is 38.9 cm³/mol. The van der Waals surface area contributed by atoms with Gasteiger partial charge in [0, 0.05) is 0 Å². The van der Waals surface area contributed by atoms with E-state index in [4.69, 9.17) is 14.9 Å². The number of carboxylic acids is 1. The summed E-state index contributed by atoms with van der Waals surface area (Å²) in [6, 6.07) is 0. The highest BCUT2D eigenvalue weighted by Crippen LogP contribution is 2.68. The molecule has 3 N–H and O–H groups in total. The third-order valence-corrected chi connectivity index (χ3v) is 3.68. The van der Waals surface area contributed by atoms with Gasteiger partial charge in [-0.3, -0.25) is 13.8 Å². The molecule has 0 aromatic heterocycles. The van der Waals surface area contributed by atoms with E-state index in [1.807, 2.05) is 0 Å². The van der Waals surface area contributed by atoms with Crippen LogP contribution in [0.15, 0.2) is 0 Å². The van der Waals surface area contributed by atoms with Gasteiger partial charge in [-0.1, -0.05) is 0 Å². The second-order valence-electron chi connectivity index (χ2n) is 2.26. The van der Waals surface area contributed by atoms with Gasteiger partial charge in [-0.05, 0) is 0 Å². The maximum Gasteiger partial charge on any atom is 0.488 e. The third kappa shape index (κ3) is 3.47. The molecule has 1 aliphatic rings. The summed E-state index contributed by atoms with van der Waals surface area (Å²) in [4.78, 5) is 26.5. The summed E-state index contributed by atoms with van der Waals surface area (Å²) < 4.78 is 33.3. The summed E-state index contributed by atoms with van der Waals surface area (Å²) in [6.45, 7) is 0. The van der Waals surface area contributed by atoms with Crippen molar-refractivity contribution >= 4 is 21.6 Å². The zero-order valence-electron chi connectivity index (χ0n) is 6.47. The van der Waals surface area contributed by atoms with Crippen LogP contribution in [0.3, 0.4) is 0 Å². The molecule has 0 aromatic carbocycles. The van der Waals surface area contributed by atoms with E-state index in [0.717, 1.165) is 0 Å². The quantitative estimate of drug-likeness (QED) is 0.588. The van der Waals surface area contributed by atoms with Crippen molar-refractivity contribution in [2.75, 3.05) is 0 Å². The molecule has 1 fully saturated rings. The van der Waals surface area contributed by atoms with Gasteiger partial charge in [0.15, 0.2) is 6.29 Å².